The molecule has 0 bridgehead atoms. The number of nitrogens with zero attached hydrogens (tertiary/aromatic N) is 1. The van der Waals surface area contributed by atoms with Crippen molar-refractivity contribution in [3.8, 4) is 0 Å². The highest BCUT2D eigenvalue weighted by Crippen LogP contribution is 2.26. The largest absolute Gasteiger partial charge is 0.308 e. The minimum atomic E-state index is -0.226. The quantitative estimate of drug-likeness (QED) is 0.671. The van der Waals surface area contributed by atoms with Gasteiger partial charge in [-0.1, -0.05) is 34.6 Å². The SMILES string of the molecule is Cc1cc(C)cc(C(=O)NC(=S)Nc2nc3ccc(C)cc3s2)c1. The van der Waals surface area contributed by atoms with Gasteiger partial charge in [-0.05, 0) is 62.8 Å². The molecule has 0 spiro atoms. The van der Waals surface area contributed by atoms with Gasteiger partial charge in [0, 0.05) is 5.56 Å². The topological polar surface area (TPSA) is 54.0 Å². The van der Waals surface area contributed by atoms with E-state index in [0.717, 1.165) is 21.3 Å². The molecule has 0 unspecified atom stereocenters. The summed E-state index contributed by atoms with van der Waals surface area (Å²) in [6.07, 6.45) is 0. The number of hydrogen-bond donors (Lipinski definition) is 2. The summed E-state index contributed by atoms with van der Waals surface area (Å²) in [6, 6.07) is 11.8. The predicted octanol–water partition coefficient (Wildman–Crippen LogP) is 4.35. The maximum Gasteiger partial charge on any atom is 0.257 e. The second-order valence-corrected chi connectivity index (χ2v) is 7.21. The number of aromatic nitrogens is 1. The Hall–Kier alpha value is -2.31. The van der Waals surface area contributed by atoms with Crippen molar-refractivity contribution in [1.82, 2.24) is 10.3 Å². The van der Waals surface area contributed by atoms with Gasteiger partial charge in [0.05, 0.1) is 10.2 Å². The molecule has 1 heterocycles. The zero-order valence-electron chi connectivity index (χ0n) is 13.6. The molecule has 3 aromatic rings. The van der Waals surface area contributed by atoms with E-state index in [0.29, 0.717) is 10.7 Å². The maximum absolute atomic E-state index is 12.3. The lowest BCUT2D eigenvalue weighted by molar-refractivity contribution is 0.0977. The summed E-state index contributed by atoms with van der Waals surface area (Å²) in [6.45, 7) is 5.97. The minimum Gasteiger partial charge on any atom is -0.308 e. The number of fused-ring (bicyclic) bond motifs is 1. The number of rotatable bonds is 2. The average Bonchev–Trinajstić information content (AvgIpc) is 2.87. The van der Waals surface area contributed by atoms with Gasteiger partial charge in [-0.3, -0.25) is 10.1 Å². The van der Waals surface area contributed by atoms with E-state index in [9.17, 15) is 4.79 Å². The maximum atomic E-state index is 12.3. The van der Waals surface area contributed by atoms with E-state index < -0.39 is 0 Å². The smallest absolute Gasteiger partial charge is 0.257 e. The Labute approximate surface area is 149 Å². The zero-order chi connectivity index (χ0) is 17.3. The third-order valence-corrected chi connectivity index (χ3v) is 4.61. The van der Waals surface area contributed by atoms with Gasteiger partial charge in [-0.25, -0.2) is 4.98 Å². The molecule has 3 rings (SSSR count). The molecule has 4 nitrogen and oxygen atoms in total. The molecule has 0 saturated heterocycles. The number of aryl methyl sites for hydroxylation is 3. The second kappa shape index (κ2) is 6.67. The fourth-order valence-corrected chi connectivity index (χ4v) is 3.72. The van der Waals surface area contributed by atoms with Crippen LogP contribution in [-0.4, -0.2) is 16.0 Å². The molecule has 1 amide bonds. The van der Waals surface area contributed by atoms with Crippen LogP contribution < -0.4 is 10.6 Å². The normalized spacial score (nSPS) is 10.6. The van der Waals surface area contributed by atoms with E-state index in [1.54, 1.807) is 0 Å². The molecule has 0 aliphatic heterocycles. The number of thiocarbonyl (C=S) groups is 1. The molecule has 2 N–H and O–H groups in total. The Morgan fingerprint density at radius 1 is 1.04 bits per heavy atom. The van der Waals surface area contributed by atoms with Crippen LogP contribution in [0.15, 0.2) is 36.4 Å². The van der Waals surface area contributed by atoms with E-state index >= 15 is 0 Å². The van der Waals surface area contributed by atoms with Crippen LogP contribution in [0.4, 0.5) is 5.13 Å². The molecular formula is C18H17N3OS2. The third-order valence-electron chi connectivity index (χ3n) is 3.48. The van der Waals surface area contributed by atoms with Crippen LogP contribution in [0.3, 0.4) is 0 Å². The van der Waals surface area contributed by atoms with Gasteiger partial charge in [0.25, 0.3) is 5.91 Å². The molecule has 24 heavy (non-hydrogen) atoms. The number of nitrogens with one attached hydrogen (secondary N) is 2. The summed E-state index contributed by atoms with van der Waals surface area (Å²) >= 11 is 6.74. The first-order valence-corrected chi connectivity index (χ1v) is 8.71. The molecule has 0 fully saturated rings. The van der Waals surface area contributed by atoms with Crippen molar-refractivity contribution in [2.75, 3.05) is 5.32 Å². The summed E-state index contributed by atoms with van der Waals surface area (Å²) in [7, 11) is 0. The first kappa shape index (κ1) is 16.5. The van der Waals surface area contributed by atoms with Crippen molar-refractivity contribution < 1.29 is 4.79 Å². The summed E-state index contributed by atoms with van der Waals surface area (Å²) in [5.41, 5.74) is 4.78. The molecule has 0 radical (unpaired) electrons. The summed E-state index contributed by atoms with van der Waals surface area (Å²) < 4.78 is 1.08. The molecule has 122 valence electrons. The van der Waals surface area contributed by atoms with Crippen LogP contribution in [-0.2, 0) is 0 Å². The van der Waals surface area contributed by atoms with Crippen LogP contribution in [0.25, 0.3) is 10.2 Å². The molecule has 0 saturated carbocycles. The standard InChI is InChI=1S/C18H17N3OS2/c1-10-4-5-14-15(9-10)24-18(19-14)21-17(23)20-16(22)13-7-11(2)6-12(3)8-13/h4-9H,1-3H3,(H2,19,20,21,22,23). The molecule has 0 aliphatic rings. The van der Waals surface area contributed by atoms with E-state index in [1.807, 2.05) is 51.1 Å². The van der Waals surface area contributed by atoms with Gasteiger partial charge in [-0.15, -0.1) is 0 Å². The van der Waals surface area contributed by atoms with Crippen LogP contribution in [0, 0.1) is 20.8 Å². The fraction of sp³-hybridized carbons (Fsp3) is 0.167. The molecule has 0 aliphatic carbocycles. The fourth-order valence-electron chi connectivity index (χ4n) is 2.49. The Balaban J connectivity index is 1.71. The molecule has 1 aromatic heterocycles. The number of thiazole rings is 1. The molecule has 2 aromatic carbocycles. The van der Waals surface area contributed by atoms with Crippen molar-refractivity contribution in [3.63, 3.8) is 0 Å². The van der Waals surface area contributed by atoms with Crippen LogP contribution >= 0.6 is 23.6 Å². The van der Waals surface area contributed by atoms with E-state index in [1.165, 1.54) is 16.9 Å². The Kier molecular flexibility index (Phi) is 4.59. The van der Waals surface area contributed by atoms with Gasteiger partial charge in [0.2, 0.25) is 0 Å². The highest BCUT2D eigenvalue weighted by molar-refractivity contribution is 7.80. The van der Waals surface area contributed by atoms with Gasteiger partial charge in [0.15, 0.2) is 10.2 Å². The first-order valence-electron chi connectivity index (χ1n) is 7.48. The van der Waals surface area contributed by atoms with Crippen LogP contribution in [0.2, 0.25) is 0 Å². The van der Waals surface area contributed by atoms with E-state index in [4.69, 9.17) is 12.2 Å². The van der Waals surface area contributed by atoms with Gasteiger partial charge >= 0.3 is 0 Å². The summed E-state index contributed by atoms with van der Waals surface area (Å²) in [5, 5.41) is 6.60. The Morgan fingerprint density at radius 3 is 2.46 bits per heavy atom. The highest BCUT2D eigenvalue weighted by Gasteiger charge is 2.11. The molecular weight excluding hydrogens is 338 g/mol. The van der Waals surface area contributed by atoms with E-state index in [2.05, 4.69) is 21.7 Å². The number of anilines is 1. The lowest BCUT2D eigenvalue weighted by Crippen LogP contribution is -2.34. The van der Waals surface area contributed by atoms with E-state index in [-0.39, 0.29) is 11.0 Å². The Bertz CT molecular complexity index is 926. The third kappa shape index (κ3) is 3.77. The van der Waals surface area contributed by atoms with Crippen molar-refractivity contribution in [3.05, 3.63) is 58.7 Å². The lowest BCUT2D eigenvalue weighted by Gasteiger charge is -2.08. The van der Waals surface area contributed by atoms with Crippen molar-refractivity contribution in [2.24, 2.45) is 0 Å². The average molecular weight is 355 g/mol. The number of benzene rings is 2. The summed E-state index contributed by atoms with van der Waals surface area (Å²) in [4.78, 5) is 16.8. The number of hydrogen-bond acceptors (Lipinski definition) is 4. The number of carbonyl (C=O) groups is 1. The monoisotopic (exact) mass is 355 g/mol. The number of carbonyl (C=O) groups excluding carboxylic acids is 1. The molecule has 6 heteroatoms. The highest BCUT2D eigenvalue weighted by atomic mass is 32.1. The van der Waals surface area contributed by atoms with Gasteiger partial charge in [-0.2, -0.15) is 0 Å². The predicted molar refractivity (Wildman–Crippen MR) is 104 cm³/mol. The zero-order valence-corrected chi connectivity index (χ0v) is 15.3. The number of amides is 1. The van der Waals surface area contributed by atoms with Gasteiger partial charge in [0.1, 0.15) is 0 Å². The van der Waals surface area contributed by atoms with Crippen molar-refractivity contribution in [2.45, 2.75) is 20.8 Å². The van der Waals surface area contributed by atoms with Crippen molar-refractivity contribution >= 4 is 49.9 Å². The second-order valence-electron chi connectivity index (χ2n) is 5.77. The van der Waals surface area contributed by atoms with Crippen LogP contribution in [0.1, 0.15) is 27.0 Å². The first-order chi connectivity index (χ1) is 11.4. The van der Waals surface area contributed by atoms with Crippen LogP contribution in [0.5, 0.6) is 0 Å². The summed E-state index contributed by atoms with van der Waals surface area (Å²) in [5.74, 6) is -0.226. The van der Waals surface area contributed by atoms with Crippen molar-refractivity contribution in [1.29, 1.82) is 0 Å². The molecule has 0 atom stereocenters. The minimum absolute atomic E-state index is 0.226. The van der Waals surface area contributed by atoms with Gasteiger partial charge < -0.3 is 5.32 Å². The lowest BCUT2D eigenvalue weighted by atomic mass is 10.1. The Morgan fingerprint density at radius 2 is 1.75 bits per heavy atom.